The van der Waals surface area contributed by atoms with E-state index in [0.29, 0.717) is 16.3 Å². The van der Waals surface area contributed by atoms with Crippen molar-refractivity contribution in [1.29, 1.82) is 0 Å². The summed E-state index contributed by atoms with van der Waals surface area (Å²) in [5.41, 5.74) is 1.58. The topological polar surface area (TPSA) is 75.7 Å². The first-order valence-electron chi connectivity index (χ1n) is 10.9. The van der Waals surface area contributed by atoms with Crippen LogP contribution in [0.5, 0.6) is 5.75 Å². The molecule has 0 bridgehead atoms. The van der Waals surface area contributed by atoms with Crippen LogP contribution in [0.2, 0.25) is 0 Å². The Morgan fingerprint density at radius 1 is 1.03 bits per heavy atom. The number of amides is 1. The van der Waals surface area contributed by atoms with Gasteiger partial charge in [0.15, 0.2) is 0 Å². The molecule has 1 heterocycles. The van der Waals surface area contributed by atoms with Crippen molar-refractivity contribution in [1.82, 2.24) is 5.32 Å². The number of hydrogen-bond acceptors (Lipinski definition) is 5. The zero-order chi connectivity index (χ0) is 24.3. The maximum absolute atomic E-state index is 13.3. The van der Waals surface area contributed by atoms with Crippen molar-refractivity contribution in [2.75, 3.05) is 18.0 Å². The van der Waals surface area contributed by atoms with E-state index in [2.05, 4.69) is 5.32 Å². The molecule has 4 rings (SSSR count). The van der Waals surface area contributed by atoms with E-state index >= 15 is 0 Å². The minimum atomic E-state index is -3.75. The number of hydrogen-bond donors (Lipinski definition) is 1. The molecule has 0 aliphatic carbocycles. The zero-order valence-electron chi connectivity index (χ0n) is 19.2. The highest BCUT2D eigenvalue weighted by Crippen LogP contribution is 2.32. The van der Waals surface area contributed by atoms with Crippen molar-refractivity contribution in [3.8, 4) is 5.75 Å². The van der Waals surface area contributed by atoms with Crippen LogP contribution in [0, 0.1) is 0 Å². The van der Waals surface area contributed by atoms with E-state index in [1.54, 1.807) is 25.1 Å². The number of nitrogens with zero attached hydrogens (tertiary/aromatic N) is 1. The number of thiophene rings is 1. The smallest absolute Gasteiger partial charge is 0.264 e. The van der Waals surface area contributed by atoms with E-state index in [-0.39, 0.29) is 23.4 Å². The number of anilines is 1. The normalized spacial score (nSPS) is 12.3. The summed E-state index contributed by atoms with van der Waals surface area (Å²) >= 11 is 1.38. The van der Waals surface area contributed by atoms with Crippen molar-refractivity contribution in [2.24, 2.45) is 0 Å². The molecule has 0 unspecified atom stereocenters. The van der Waals surface area contributed by atoms with Gasteiger partial charge < -0.3 is 10.1 Å². The number of benzene rings is 3. The summed E-state index contributed by atoms with van der Waals surface area (Å²) in [6.07, 6.45) is 0. The highest BCUT2D eigenvalue weighted by molar-refractivity contribution is 7.92. The highest BCUT2D eigenvalue weighted by Gasteiger charge is 2.24. The molecule has 4 aromatic rings. The third-order valence-corrected chi connectivity index (χ3v) is 8.63. The maximum atomic E-state index is 13.3. The molecule has 0 aliphatic rings. The van der Waals surface area contributed by atoms with Gasteiger partial charge in [-0.2, -0.15) is 0 Å². The number of sulfonamides is 1. The lowest BCUT2D eigenvalue weighted by molar-refractivity contribution is 0.0944. The van der Waals surface area contributed by atoms with Gasteiger partial charge in [0.1, 0.15) is 5.75 Å². The number of nitrogens with one attached hydrogen (secondary N) is 1. The molecule has 0 spiro atoms. The monoisotopic (exact) mass is 494 g/mol. The summed E-state index contributed by atoms with van der Waals surface area (Å²) in [5.74, 6) is 0.436. The van der Waals surface area contributed by atoms with Gasteiger partial charge in [-0.3, -0.25) is 9.10 Å². The van der Waals surface area contributed by atoms with Gasteiger partial charge >= 0.3 is 0 Å². The second-order valence-corrected chi connectivity index (χ2v) is 10.7. The third-order valence-electron chi connectivity index (χ3n) is 5.59. The van der Waals surface area contributed by atoms with Gasteiger partial charge in [0.05, 0.1) is 28.6 Å². The summed E-state index contributed by atoms with van der Waals surface area (Å²) in [6.45, 7) is 4.01. The van der Waals surface area contributed by atoms with E-state index in [0.717, 1.165) is 15.6 Å². The fourth-order valence-electron chi connectivity index (χ4n) is 3.76. The van der Waals surface area contributed by atoms with Gasteiger partial charge in [0.2, 0.25) is 0 Å². The molecular formula is C26H26N2O4S2. The first-order valence-corrected chi connectivity index (χ1v) is 13.2. The largest absolute Gasteiger partial charge is 0.497 e. The molecule has 1 aromatic heterocycles. The number of carbonyl (C=O) groups excluding carboxylic acids is 1. The fourth-order valence-corrected chi connectivity index (χ4v) is 6.17. The molecule has 0 radical (unpaired) electrons. The average molecular weight is 495 g/mol. The van der Waals surface area contributed by atoms with Crippen molar-refractivity contribution in [2.45, 2.75) is 24.8 Å². The Labute approximate surface area is 203 Å². The Hall–Kier alpha value is -3.36. The van der Waals surface area contributed by atoms with Gasteiger partial charge in [-0.25, -0.2) is 8.42 Å². The summed E-state index contributed by atoms with van der Waals surface area (Å²) in [7, 11) is -2.22. The van der Waals surface area contributed by atoms with Crippen LogP contribution in [0.3, 0.4) is 0 Å². The molecule has 3 aromatic carbocycles. The van der Waals surface area contributed by atoms with Crippen LogP contribution < -0.4 is 14.4 Å². The number of ether oxygens (including phenoxy) is 1. The van der Waals surface area contributed by atoms with Crippen molar-refractivity contribution in [3.63, 3.8) is 0 Å². The fraction of sp³-hybridized carbons (Fsp3) is 0.192. The highest BCUT2D eigenvalue weighted by atomic mass is 32.2. The van der Waals surface area contributed by atoms with Gasteiger partial charge in [-0.05, 0) is 73.3 Å². The van der Waals surface area contributed by atoms with Gasteiger partial charge in [0, 0.05) is 11.2 Å². The lowest BCUT2D eigenvalue weighted by Crippen LogP contribution is -2.30. The van der Waals surface area contributed by atoms with E-state index in [9.17, 15) is 13.2 Å². The van der Waals surface area contributed by atoms with Crippen molar-refractivity contribution < 1.29 is 17.9 Å². The minimum Gasteiger partial charge on any atom is -0.497 e. The molecule has 1 atom stereocenters. The van der Waals surface area contributed by atoms with Crippen LogP contribution >= 0.6 is 11.3 Å². The molecule has 6 nitrogen and oxygen atoms in total. The van der Waals surface area contributed by atoms with Crippen LogP contribution in [-0.2, 0) is 10.0 Å². The molecule has 0 aliphatic heterocycles. The van der Waals surface area contributed by atoms with Gasteiger partial charge in [0.25, 0.3) is 15.9 Å². The van der Waals surface area contributed by atoms with Crippen LogP contribution in [0.25, 0.3) is 10.1 Å². The Bertz CT molecular complexity index is 1400. The van der Waals surface area contributed by atoms with E-state index in [4.69, 9.17) is 4.74 Å². The lowest BCUT2D eigenvalue weighted by Gasteiger charge is -2.23. The third kappa shape index (κ3) is 4.78. The van der Waals surface area contributed by atoms with E-state index < -0.39 is 10.0 Å². The summed E-state index contributed by atoms with van der Waals surface area (Å²) < 4.78 is 34.0. The number of carbonyl (C=O) groups is 1. The molecule has 176 valence electrons. The van der Waals surface area contributed by atoms with E-state index in [1.165, 1.54) is 34.9 Å². The Kier molecular flexibility index (Phi) is 6.90. The summed E-state index contributed by atoms with van der Waals surface area (Å²) in [5, 5.41) is 3.85. The first-order chi connectivity index (χ1) is 16.3. The number of methoxy groups -OCH3 is 1. The lowest BCUT2D eigenvalue weighted by atomic mass is 10.1. The molecule has 0 saturated heterocycles. The molecule has 8 heteroatoms. The number of fused-ring (bicyclic) bond motifs is 1. The predicted molar refractivity (Wildman–Crippen MR) is 137 cm³/mol. The quantitative estimate of drug-likeness (QED) is 0.345. The average Bonchev–Trinajstić information content (AvgIpc) is 3.29. The molecule has 0 saturated carbocycles. The Morgan fingerprint density at radius 2 is 1.74 bits per heavy atom. The van der Waals surface area contributed by atoms with Crippen LogP contribution in [0.15, 0.2) is 83.8 Å². The predicted octanol–water partition coefficient (Wildman–Crippen LogP) is 5.62. The van der Waals surface area contributed by atoms with Crippen molar-refractivity contribution >= 4 is 43.0 Å². The second-order valence-electron chi connectivity index (χ2n) is 7.78. The SMILES string of the molecule is CCN(c1ccc2sc(C(=O)N[C@H](C)c3ccccc3)cc2c1)S(=O)(=O)c1ccc(OC)cc1. The standard InChI is InChI=1S/C26H26N2O4S2/c1-4-28(34(30,31)23-13-11-22(32-3)12-14-23)21-10-15-24-20(16-21)17-25(33-24)26(29)27-18(2)19-8-6-5-7-9-19/h5-18H,4H2,1-3H3,(H,27,29)/t18-/m1/s1. The Morgan fingerprint density at radius 3 is 2.38 bits per heavy atom. The van der Waals surface area contributed by atoms with Crippen molar-refractivity contribution in [3.05, 3.63) is 89.3 Å². The number of rotatable bonds is 8. The molecule has 1 amide bonds. The second kappa shape index (κ2) is 9.87. The summed E-state index contributed by atoms with van der Waals surface area (Å²) in [6, 6.07) is 23.2. The molecular weight excluding hydrogens is 468 g/mol. The van der Waals surface area contributed by atoms with Crippen LogP contribution in [-0.4, -0.2) is 28.0 Å². The van der Waals surface area contributed by atoms with Crippen LogP contribution in [0.1, 0.15) is 35.1 Å². The van der Waals surface area contributed by atoms with Gasteiger partial charge in [-0.15, -0.1) is 11.3 Å². The molecule has 0 fully saturated rings. The molecule has 1 N–H and O–H groups in total. The van der Waals surface area contributed by atoms with E-state index in [1.807, 2.05) is 55.5 Å². The Balaban J connectivity index is 1.59. The molecule has 34 heavy (non-hydrogen) atoms. The maximum Gasteiger partial charge on any atom is 0.264 e. The zero-order valence-corrected chi connectivity index (χ0v) is 20.8. The minimum absolute atomic E-state index is 0.125. The summed E-state index contributed by atoms with van der Waals surface area (Å²) in [4.78, 5) is 13.6. The van der Waals surface area contributed by atoms with Gasteiger partial charge in [-0.1, -0.05) is 30.3 Å². The first kappa shape index (κ1) is 23.8. The van der Waals surface area contributed by atoms with Crippen LogP contribution in [0.4, 0.5) is 5.69 Å².